The molecule has 0 atom stereocenters. The summed E-state index contributed by atoms with van der Waals surface area (Å²) in [5, 5.41) is 13.4. The molecule has 0 amide bonds. The molecule has 0 bridgehead atoms. The highest BCUT2D eigenvalue weighted by Crippen LogP contribution is 2.26. The third-order valence-electron chi connectivity index (χ3n) is 2.09. The summed E-state index contributed by atoms with van der Waals surface area (Å²) in [6.07, 6.45) is 0.675. The molecule has 0 aliphatic rings. The molecule has 0 spiro atoms. The van der Waals surface area contributed by atoms with Gasteiger partial charge in [-0.1, -0.05) is 0 Å². The van der Waals surface area contributed by atoms with Crippen molar-refractivity contribution in [3.8, 4) is 0 Å². The first kappa shape index (κ1) is 16.3. The summed E-state index contributed by atoms with van der Waals surface area (Å²) in [6.45, 7) is 2.06. The van der Waals surface area contributed by atoms with Gasteiger partial charge in [0, 0.05) is 18.7 Å². The molecule has 11 heteroatoms. The van der Waals surface area contributed by atoms with Crippen molar-refractivity contribution in [2.75, 3.05) is 18.1 Å². The third-order valence-corrected chi connectivity index (χ3v) is 5.10. The van der Waals surface area contributed by atoms with Gasteiger partial charge < -0.3 is 5.32 Å². The van der Waals surface area contributed by atoms with Gasteiger partial charge in [-0.15, -0.1) is 4.13 Å². The summed E-state index contributed by atoms with van der Waals surface area (Å²) in [6, 6.07) is 3.13. The van der Waals surface area contributed by atoms with Crippen molar-refractivity contribution in [2.45, 2.75) is 11.8 Å². The topological polar surface area (TPSA) is 135 Å². The van der Waals surface area contributed by atoms with Crippen molar-refractivity contribution in [3.63, 3.8) is 0 Å². The van der Waals surface area contributed by atoms with E-state index in [1.165, 1.54) is 10.2 Å². The number of anilines is 1. The molecule has 2 N–H and O–H groups in total. The lowest BCUT2D eigenvalue weighted by atomic mass is 10.3. The van der Waals surface area contributed by atoms with E-state index in [9.17, 15) is 26.9 Å². The van der Waals surface area contributed by atoms with E-state index < -0.39 is 35.6 Å². The Morgan fingerprint density at radius 2 is 1.85 bits per heavy atom. The Bertz CT molecular complexity index is 726. The average Bonchev–Trinajstić information content (AvgIpc) is 2.26. The largest absolute Gasteiger partial charge is 0.384 e. The first-order valence-corrected chi connectivity index (χ1v) is 8.70. The number of benzene rings is 1. The molecular weight excluding hydrogens is 310 g/mol. The lowest BCUT2D eigenvalue weighted by Crippen LogP contribution is -2.30. The molecule has 0 radical (unpaired) electrons. The molecule has 1 aromatic rings. The zero-order valence-electron chi connectivity index (χ0n) is 10.7. The van der Waals surface area contributed by atoms with Gasteiger partial charge in [0.1, 0.15) is 4.90 Å². The lowest BCUT2D eigenvalue weighted by molar-refractivity contribution is -0.385. The highest BCUT2D eigenvalue weighted by atomic mass is 32.3. The summed E-state index contributed by atoms with van der Waals surface area (Å²) >= 11 is 0. The molecule has 9 nitrogen and oxygen atoms in total. The van der Waals surface area contributed by atoms with Crippen LogP contribution >= 0.6 is 0 Å². The summed E-state index contributed by atoms with van der Waals surface area (Å²) in [5.41, 5.74) is -0.380. The summed E-state index contributed by atoms with van der Waals surface area (Å²) in [7, 11) is -8.46. The molecule has 0 saturated carbocycles. The minimum Gasteiger partial charge on any atom is -0.384 e. The summed E-state index contributed by atoms with van der Waals surface area (Å²) in [5.74, 6) is 0. The van der Waals surface area contributed by atoms with Gasteiger partial charge in [0.25, 0.3) is 15.7 Å². The third kappa shape index (κ3) is 4.15. The summed E-state index contributed by atoms with van der Waals surface area (Å²) < 4.78 is 47.5. The first-order valence-electron chi connectivity index (χ1n) is 5.32. The minimum atomic E-state index is -4.43. The number of rotatable bonds is 6. The van der Waals surface area contributed by atoms with E-state index in [2.05, 4.69) is 5.32 Å². The maximum Gasteiger partial charge on any atom is 0.270 e. The average molecular weight is 323 g/mol. The second-order valence-corrected chi connectivity index (χ2v) is 7.48. The van der Waals surface area contributed by atoms with Gasteiger partial charge in [0.2, 0.25) is 10.0 Å². The summed E-state index contributed by atoms with van der Waals surface area (Å²) in [4.78, 5) is 9.42. The molecule has 0 aromatic heterocycles. The van der Waals surface area contributed by atoms with E-state index in [-0.39, 0.29) is 5.69 Å². The SMILES string of the molecule is CCNc1ccc([N+](=O)[O-])cc1S(=O)(=O)NS(C)(=O)=O. The van der Waals surface area contributed by atoms with Crippen LogP contribution in [0.15, 0.2) is 23.1 Å². The zero-order valence-corrected chi connectivity index (χ0v) is 12.3. The van der Waals surface area contributed by atoms with Gasteiger partial charge in [0.15, 0.2) is 0 Å². The molecule has 0 heterocycles. The van der Waals surface area contributed by atoms with Crippen molar-refractivity contribution in [2.24, 2.45) is 0 Å². The van der Waals surface area contributed by atoms with E-state index in [4.69, 9.17) is 0 Å². The number of nitro benzene ring substituents is 1. The van der Waals surface area contributed by atoms with Crippen LogP contribution in [0.4, 0.5) is 11.4 Å². The highest BCUT2D eigenvalue weighted by molar-refractivity contribution is 8.04. The maximum absolute atomic E-state index is 12.0. The Kier molecular flexibility index (Phi) is 4.68. The standard InChI is InChI=1S/C9H13N3O6S2/c1-3-10-8-5-4-7(12(13)14)6-9(8)20(17,18)11-19(2,15)16/h4-6,10-11H,3H2,1-2H3. The van der Waals surface area contributed by atoms with Crippen LogP contribution in [-0.4, -0.2) is 34.6 Å². The predicted octanol–water partition coefficient (Wildman–Crippen LogP) is 0.265. The maximum atomic E-state index is 12.0. The van der Waals surface area contributed by atoms with Crippen LogP contribution < -0.4 is 9.44 Å². The zero-order chi connectivity index (χ0) is 15.6. The van der Waals surface area contributed by atoms with Crippen LogP contribution in [0.25, 0.3) is 0 Å². The van der Waals surface area contributed by atoms with Gasteiger partial charge in [0.05, 0.1) is 16.9 Å². The Balaban J connectivity index is 3.46. The Hall–Kier alpha value is -1.72. The van der Waals surface area contributed by atoms with Crippen LogP contribution in [0.2, 0.25) is 0 Å². The number of non-ortho nitro benzene ring substituents is 1. The normalized spacial score (nSPS) is 12.1. The van der Waals surface area contributed by atoms with Crippen molar-refractivity contribution in [3.05, 3.63) is 28.3 Å². The monoisotopic (exact) mass is 323 g/mol. The fraction of sp³-hybridized carbons (Fsp3) is 0.333. The molecule has 20 heavy (non-hydrogen) atoms. The van der Waals surface area contributed by atoms with Gasteiger partial charge in [-0.3, -0.25) is 10.1 Å². The number of nitrogens with one attached hydrogen (secondary N) is 2. The molecule has 1 rings (SSSR count). The van der Waals surface area contributed by atoms with Crippen LogP contribution in [0.5, 0.6) is 0 Å². The van der Waals surface area contributed by atoms with Crippen molar-refractivity contribution >= 4 is 31.4 Å². The van der Waals surface area contributed by atoms with Crippen LogP contribution in [0.3, 0.4) is 0 Å². The first-order chi connectivity index (χ1) is 9.07. The molecule has 0 saturated heterocycles. The van der Waals surface area contributed by atoms with Crippen molar-refractivity contribution in [1.82, 2.24) is 4.13 Å². The van der Waals surface area contributed by atoms with Gasteiger partial charge >= 0.3 is 0 Å². The molecule has 0 unspecified atom stereocenters. The Labute approximate surface area is 116 Å². The molecule has 0 aliphatic heterocycles. The van der Waals surface area contributed by atoms with Gasteiger partial charge in [-0.25, -0.2) is 16.8 Å². The van der Waals surface area contributed by atoms with Crippen molar-refractivity contribution < 1.29 is 21.8 Å². The van der Waals surface area contributed by atoms with Crippen LogP contribution in [0.1, 0.15) is 6.92 Å². The second-order valence-electron chi connectivity index (χ2n) is 3.83. The molecule has 112 valence electrons. The van der Waals surface area contributed by atoms with Gasteiger partial charge in [-0.2, -0.15) is 0 Å². The lowest BCUT2D eigenvalue weighted by Gasteiger charge is -2.11. The second kappa shape index (κ2) is 5.73. The van der Waals surface area contributed by atoms with Crippen LogP contribution in [-0.2, 0) is 20.0 Å². The Morgan fingerprint density at radius 1 is 1.25 bits per heavy atom. The minimum absolute atomic E-state index is 0.0780. The number of hydrogen-bond donors (Lipinski definition) is 2. The number of nitro groups is 1. The molecule has 1 aromatic carbocycles. The fourth-order valence-electron chi connectivity index (χ4n) is 1.43. The van der Waals surface area contributed by atoms with Crippen molar-refractivity contribution in [1.29, 1.82) is 0 Å². The van der Waals surface area contributed by atoms with E-state index in [1.54, 1.807) is 6.92 Å². The molecular formula is C9H13N3O6S2. The van der Waals surface area contributed by atoms with Crippen LogP contribution in [0, 0.1) is 10.1 Å². The predicted molar refractivity (Wildman–Crippen MR) is 72.4 cm³/mol. The van der Waals surface area contributed by atoms with E-state index in [1.807, 2.05) is 0 Å². The van der Waals surface area contributed by atoms with Gasteiger partial charge in [-0.05, 0) is 13.0 Å². The number of nitrogens with zero attached hydrogens (tertiary/aromatic N) is 1. The number of sulfonamides is 2. The quantitative estimate of drug-likeness (QED) is 0.566. The number of hydrogen-bond acceptors (Lipinski definition) is 7. The Morgan fingerprint density at radius 3 is 2.30 bits per heavy atom. The highest BCUT2D eigenvalue weighted by Gasteiger charge is 2.25. The fourth-order valence-corrected chi connectivity index (χ4v) is 4.09. The van der Waals surface area contributed by atoms with E-state index in [0.29, 0.717) is 12.8 Å². The molecule has 0 aliphatic carbocycles. The molecule has 0 fully saturated rings. The van der Waals surface area contributed by atoms with E-state index in [0.717, 1.165) is 12.1 Å². The smallest absolute Gasteiger partial charge is 0.270 e. The van der Waals surface area contributed by atoms with E-state index >= 15 is 0 Å².